The van der Waals surface area contributed by atoms with Crippen LogP contribution in [0.15, 0.2) is 42.5 Å². The van der Waals surface area contributed by atoms with E-state index in [1.807, 2.05) is 18.2 Å². The monoisotopic (exact) mass is 394 g/mol. The van der Waals surface area contributed by atoms with Gasteiger partial charge in [-0.05, 0) is 42.2 Å². The maximum atomic E-state index is 12.4. The zero-order valence-electron chi connectivity index (χ0n) is 13.9. The summed E-state index contributed by atoms with van der Waals surface area (Å²) in [5.41, 5.74) is 1.14. The topological polar surface area (TPSA) is 62.1 Å². The highest BCUT2D eigenvalue weighted by Crippen LogP contribution is 2.50. The Bertz CT molecular complexity index is 909. The van der Waals surface area contributed by atoms with Crippen LogP contribution < -0.4 is 10.1 Å². The standard InChI is InChI=1S/C19H14ClF3N2O2/c20-16-4-2-1-3-13(16)14-8-15(14)18(26)25-12-5-6-17(11(7-12)9-24)27-10-19(21,22)23/h1-7,14-15H,8,10H2,(H,25,26). The number of carbonyl (C=O) groups is 1. The Hall–Kier alpha value is -2.72. The number of ether oxygens (including phenoxy) is 1. The van der Waals surface area contributed by atoms with Gasteiger partial charge in [0.2, 0.25) is 5.91 Å². The van der Waals surface area contributed by atoms with E-state index in [0.717, 1.165) is 5.56 Å². The van der Waals surface area contributed by atoms with Crippen LogP contribution in [0.5, 0.6) is 5.75 Å². The lowest BCUT2D eigenvalue weighted by molar-refractivity contribution is -0.153. The van der Waals surface area contributed by atoms with Crippen molar-refractivity contribution >= 4 is 23.2 Å². The summed E-state index contributed by atoms with van der Waals surface area (Å²) in [6.45, 7) is -1.49. The van der Waals surface area contributed by atoms with Gasteiger partial charge in [-0.15, -0.1) is 0 Å². The molecule has 2 atom stereocenters. The molecule has 2 aromatic carbocycles. The summed E-state index contributed by atoms with van der Waals surface area (Å²) in [4.78, 5) is 12.4. The maximum Gasteiger partial charge on any atom is 0.422 e. The summed E-state index contributed by atoms with van der Waals surface area (Å²) < 4.78 is 41.4. The number of amides is 1. The third-order valence-corrected chi connectivity index (χ3v) is 4.53. The van der Waals surface area contributed by atoms with Crippen LogP contribution in [-0.2, 0) is 4.79 Å². The van der Waals surface area contributed by atoms with Crippen molar-refractivity contribution in [2.45, 2.75) is 18.5 Å². The molecule has 0 heterocycles. The number of halogens is 4. The van der Waals surface area contributed by atoms with Crippen molar-refractivity contribution in [2.24, 2.45) is 5.92 Å². The average molecular weight is 395 g/mol. The molecule has 3 rings (SSSR count). The van der Waals surface area contributed by atoms with Crippen LogP contribution in [-0.4, -0.2) is 18.7 Å². The zero-order valence-corrected chi connectivity index (χ0v) is 14.6. The van der Waals surface area contributed by atoms with Crippen LogP contribution in [0.3, 0.4) is 0 Å². The summed E-state index contributed by atoms with van der Waals surface area (Å²) in [6.07, 6.45) is -3.84. The Kier molecular flexibility index (Phi) is 5.29. The first-order valence-corrected chi connectivity index (χ1v) is 8.45. The molecule has 0 spiro atoms. The third-order valence-electron chi connectivity index (χ3n) is 4.19. The van der Waals surface area contributed by atoms with Gasteiger partial charge in [-0.3, -0.25) is 4.79 Å². The molecule has 1 aliphatic rings. The number of rotatable bonds is 5. The van der Waals surface area contributed by atoms with Crippen molar-refractivity contribution in [3.8, 4) is 11.8 Å². The van der Waals surface area contributed by atoms with Gasteiger partial charge in [0.1, 0.15) is 11.8 Å². The minimum atomic E-state index is -4.50. The molecular weight excluding hydrogens is 381 g/mol. The number of hydrogen-bond donors (Lipinski definition) is 1. The molecule has 0 aromatic heterocycles. The number of nitrogens with one attached hydrogen (secondary N) is 1. The summed E-state index contributed by atoms with van der Waals surface area (Å²) in [5.74, 6) is -0.624. The smallest absolute Gasteiger partial charge is 0.422 e. The van der Waals surface area contributed by atoms with E-state index in [1.54, 1.807) is 12.1 Å². The van der Waals surface area contributed by atoms with Gasteiger partial charge in [0.05, 0.1) is 5.56 Å². The Labute approximate surface area is 158 Å². The molecule has 1 saturated carbocycles. The molecule has 4 nitrogen and oxygen atoms in total. The molecule has 1 aliphatic carbocycles. The van der Waals surface area contributed by atoms with E-state index in [0.29, 0.717) is 17.1 Å². The van der Waals surface area contributed by atoms with Gasteiger partial charge in [-0.1, -0.05) is 29.8 Å². The minimum Gasteiger partial charge on any atom is -0.483 e. The van der Waals surface area contributed by atoms with Gasteiger partial charge in [-0.25, -0.2) is 0 Å². The van der Waals surface area contributed by atoms with Crippen LogP contribution in [0.4, 0.5) is 18.9 Å². The van der Waals surface area contributed by atoms with E-state index in [-0.39, 0.29) is 29.1 Å². The van der Waals surface area contributed by atoms with E-state index >= 15 is 0 Å². The minimum absolute atomic E-state index is 0.0310. The van der Waals surface area contributed by atoms with E-state index in [4.69, 9.17) is 16.9 Å². The highest BCUT2D eigenvalue weighted by Gasteiger charge is 2.44. The Morgan fingerprint density at radius 2 is 2.04 bits per heavy atom. The second-order valence-electron chi connectivity index (χ2n) is 6.19. The fourth-order valence-corrected chi connectivity index (χ4v) is 3.10. The lowest BCUT2D eigenvalue weighted by Gasteiger charge is -2.12. The van der Waals surface area contributed by atoms with E-state index in [1.165, 1.54) is 18.2 Å². The normalized spacial score (nSPS) is 18.5. The SMILES string of the molecule is N#Cc1cc(NC(=O)C2CC2c2ccccc2Cl)ccc1OCC(F)(F)F. The van der Waals surface area contributed by atoms with Crippen LogP contribution >= 0.6 is 11.6 Å². The number of hydrogen-bond acceptors (Lipinski definition) is 3. The fourth-order valence-electron chi connectivity index (χ4n) is 2.82. The number of carbonyl (C=O) groups excluding carboxylic acids is 1. The van der Waals surface area contributed by atoms with Crippen LogP contribution in [0.2, 0.25) is 5.02 Å². The Morgan fingerprint density at radius 1 is 1.30 bits per heavy atom. The quantitative estimate of drug-likeness (QED) is 0.785. The van der Waals surface area contributed by atoms with Gasteiger partial charge in [0.25, 0.3) is 0 Å². The third kappa shape index (κ3) is 4.72. The van der Waals surface area contributed by atoms with Crippen LogP contribution in [0.25, 0.3) is 0 Å². The molecular formula is C19H14ClF3N2O2. The lowest BCUT2D eigenvalue weighted by atomic mass is 10.1. The van der Waals surface area contributed by atoms with Gasteiger partial charge >= 0.3 is 6.18 Å². The van der Waals surface area contributed by atoms with E-state index in [2.05, 4.69) is 10.1 Å². The molecule has 0 radical (unpaired) electrons. The molecule has 8 heteroatoms. The predicted octanol–water partition coefficient (Wildman–Crippen LogP) is 4.89. The molecule has 0 aliphatic heterocycles. The molecule has 2 aromatic rings. The van der Waals surface area contributed by atoms with Crippen LogP contribution in [0.1, 0.15) is 23.5 Å². The van der Waals surface area contributed by atoms with Crippen molar-refractivity contribution in [3.05, 3.63) is 58.6 Å². The summed E-state index contributed by atoms with van der Waals surface area (Å²) in [6, 6.07) is 13.0. The summed E-state index contributed by atoms with van der Waals surface area (Å²) >= 11 is 6.15. The lowest BCUT2D eigenvalue weighted by Crippen LogP contribution is -2.19. The average Bonchev–Trinajstić information content (AvgIpc) is 3.41. The Balaban J connectivity index is 1.65. The first kappa shape index (κ1) is 19.1. The molecule has 1 N–H and O–H groups in total. The maximum absolute atomic E-state index is 12.4. The molecule has 27 heavy (non-hydrogen) atoms. The van der Waals surface area contributed by atoms with Gasteiger partial charge < -0.3 is 10.1 Å². The number of nitriles is 1. The zero-order chi connectivity index (χ0) is 19.6. The number of alkyl halides is 3. The first-order valence-electron chi connectivity index (χ1n) is 8.07. The van der Waals surface area contributed by atoms with Crippen molar-refractivity contribution in [3.63, 3.8) is 0 Å². The molecule has 140 valence electrons. The molecule has 1 amide bonds. The summed E-state index contributed by atoms with van der Waals surface area (Å²) in [5, 5.41) is 12.4. The highest BCUT2D eigenvalue weighted by atomic mass is 35.5. The number of benzene rings is 2. The molecule has 0 saturated heterocycles. The fraction of sp³-hybridized carbons (Fsp3) is 0.263. The first-order chi connectivity index (χ1) is 12.8. The summed E-state index contributed by atoms with van der Waals surface area (Å²) in [7, 11) is 0. The second-order valence-corrected chi connectivity index (χ2v) is 6.59. The molecule has 1 fully saturated rings. The van der Waals surface area contributed by atoms with E-state index < -0.39 is 12.8 Å². The predicted molar refractivity (Wildman–Crippen MR) is 93.6 cm³/mol. The van der Waals surface area contributed by atoms with Gasteiger partial charge in [0, 0.05) is 16.6 Å². The number of nitrogens with zero attached hydrogens (tertiary/aromatic N) is 1. The van der Waals surface area contributed by atoms with E-state index in [9.17, 15) is 18.0 Å². The van der Waals surface area contributed by atoms with Crippen molar-refractivity contribution < 1.29 is 22.7 Å². The van der Waals surface area contributed by atoms with Crippen molar-refractivity contribution in [1.29, 1.82) is 5.26 Å². The van der Waals surface area contributed by atoms with Gasteiger partial charge in [0.15, 0.2) is 6.61 Å². The van der Waals surface area contributed by atoms with Crippen LogP contribution in [0, 0.1) is 17.2 Å². The van der Waals surface area contributed by atoms with Crippen molar-refractivity contribution in [1.82, 2.24) is 0 Å². The van der Waals surface area contributed by atoms with Gasteiger partial charge in [-0.2, -0.15) is 18.4 Å². The Morgan fingerprint density at radius 3 is 2.70 bits per heavy atom. The molecule has 0 bridgehead atoms. The largest absolute Gasteiger partial charge is 0.483 e. The van der Waals surface area contributed by atoms with Crippen molar-refractivity contribution in [2.75, 3.05) is 11.9 Å². The molecule has 2 unspecified atom stereocenters. The number of anilines is 1. The second kappa shape index (κ2) is 7.49. The highest BCUT2D eigenvalue weighted by molar-refractivity contribution is 6.31.